The standard InChI is InChI=1S/C11H31NOSi3/c1-10-13-16(8,9)11-12(14(2,3)4)15(5,6)7/h10-11H2,1-9H3. The van der Waals surface area contributed by atoms with Gasteiger partial charge in [0.25, 0.3) is 0 Å². The van der Waals surface area contributed by atoms with Crippen molar-refractivity contribution in [3.63, 3.8) is 0 Å². The lowest BCUT2D eigenvalue weighted by molar-refractivity contribution is 0.323. The van der Waals surface area contributed by atoms with Crippen molar-refractivity contribution >= 4 is 24.8 Å². The van der Waals surface area contributed by atoms with Crippen LogP contribution in [0.5, 0.6) is 0 Å². The Hall–Kier alpha value is 0.571. The monoisotopic (exact) mass is 277 g/mol. The number of hydrogen-bond donors (Lipinski definition) is 0. The van der Waals surface area contributed by atoms with E-state index in [-0.39, 0.29) is 0 Å². The molecule has 16 heavy (non-hydrogen) atoms. The predicted octanol–water partition coefficient (Wildman–Crippen LogP) is 3.74. The van der Waals surface area contributed by atoms with Crippen LogP contribution in [0.4, 0.5) is 0 Å². The van der Waals surface area contributed by atoms with Gasteiger partial charge in [0.1, 0.15) is 16.5 Å². The minimum absolute atomic E-state index is 0.866. The highest BCUT2D eigenvalue weighted by atomic mass is 28.4. The van der Waals surface area contributed by atoms with Gasteiger partial charge in [-0.3, -0.25) is 0 Å². The largest absolute Gasteiger partial charge is 0.416 e. The molecule has 5 heteroatoms. The van der Waals surface area contributed by atoms with Gasteiger partial charge in [-0.25, -0.2) is 0 Å². The highest BCUT2D eigenvalue weighted by molar-refractivity contribution is 6.91. The van der Waals surface area contributed by atoms with E-state index in [9.17, 15) is 0 Å². The maximum atomic E-state index is 5.99. The first-order chi connectivity index (χ1) is 6.90. The van der Waals surface area contributed by atoms with E-state index in [1.54, 1.807) is 0 Å². The van der Waals surface area contributed by atoms with Gasteiger partial charge in [0, 0.05) is 12.8 Å². The second-order valence-electron chi connectivity index (χ2n) is 7.12. The molecule has 0 aliphatic rings. The molecule has 98 valence electrons. The minimum atomic E-state index is -1.49. The molecule has 0 saturated heterocycles. The maximum Gasteiger partial charge on any atom is 0.199 e. The summed E-state index contributed by atoms with van der Waals surface area (Å²) in [6, 6.07) is 0. The molecule has 0 amide bonds. The van der Waals surface area contributed by atoms with E-state index in [1.807, 2.05) is 0 Å². The third-order valence-electron chi connectivity index (χ3n) is 2.69. The van der Waals surface area contributed by atoms with Crippen LogP contribution >= 0.6 is 0 Å². The van der Waals surface area contributed by atoms with Crippen LogP contribution in [-0.2, 0) is 4.43 Å². The van der Waals surface area contributed by atoms with E-state index in [0.29, 0.717) is 0 Å². The summed E-state index contributed by atoms with van der Waals surface area (Å²) in [5.41, 5.74) is 0. The molecule has 0 aromatic rings. The zero-order chi connectivity index (χ0) is 13.2. The molecule has 0 radical (unpaired) electrons. The molecule has 0 heterocycles. The summed E-state index contributed by atoms with van der Waals surface area (Å²) in [7, 11) is -3.91. The molecule has 0 aromatic heterocycles. The van der Waals surface area contributed by atoms with Crippen LogP contribution in [0, 0.1) is 0 Å². The third-order valence-corrected chi connectivity index (χ3v) is 13.1. The Morgan fingerprint density at radius 1 is 0.812 bits per heavy atom. The Kier molecular flexibility index (Phi) is 5.67. The van der Waals surface area contributed by atoms with Crippen molar-refractivity contribution in [2.45, 2.75) is 59.3 Å². The smallest absolute Gasteiger partial charge is 0.199 e. The average Bonchev–Trinajstić information content (AvgIpc) is 1.96. The molecule has 0 aliphatic heterocycles. The van der Waals surface area contributed by atoms with Crippen LogP contribution in [0.3, 0.4) is 0 Å². The zero-order valence-electron chi connectivity index (χ0n) is 12.8. The summed E-state index contributed by atoms with van der Waals surface area (Å²) in [5, 5.41) is 0. The number of hydrogen-bond acceptors (Lipinski definition) is 2. The molecule has 0 unspecified atom stereocenters. The molecule has 0 atom stereocenters. The Morgan fingerprint density at radius 3 is 1.44 bits per heavy atom. The van der Waals surface area contributed by atoms with Gasteiger partial charge in [-0.15, -0.1) is 0 Å². The predicted molar refractivity (Wildman–Crippen MR) is 82.5 cm³/mol. The first kappa shape index (κ1) is 16.6. The van der Waals surface area contributed by atoms with Gasteiger partial charge < -0.3 is 8.66 Å². The van der Waals surface area contributed by atoms with Gasteiger partial charge >= 0.3 is 0 Å². The third kappa shape index (κ3) is 5.77. The summed E-state index contributed by atoms with van der Waals surface area (Å²) in [5.74, 6) is 0. The quantitative estimate of drug-likeness (QED) is 0.686. The molecule has 0 spiro atoms. The molecule has 0 N–H and O–H groups in total. The van der Waals surface area contributed by atoms with Gasteiger partial charge in [-0.1, -0.05) is 39.3 Å². The molecule has 0 saturated carbocycles. The first-order valence-corrected chi connectivity index (χ1v) is 16.3. The molecule has 0 bridgehead atoms. The summed E-state index contributed by atoms with van der Waals surface area (Å²) < 4.78 is 8.84. The van der Waals surface area contributed by atoms with Crippen LogP contribution in [0.15, 0.2) is 0 Å². The van der Waals surface area contributed by atoms with Crippen molar-refractivity contribution in [2.24, 2.45) is 0 Å². The highest BCUT2D eigenvalue weighted by Gasteiger charge is 2.39. The molecule has 0 aliphatic carbocycles. The summed E-state index contributed by atoms with van der Waals surface area (Å²) in [4.78, 5) is 0. The van der Waals surface area contributed by atoms with E-state index in [4.69, 9.17) is 4.43 Å². The van der Waals surface area contributed by atoms with E-state index in [1.165, 1.54) is 6.17 Å². The summed E-state index contributed by atoms with van der Waals surface area (Å²) in [6.07, 6.45) is 1.21. The Bertz CT molecular complexity index is 204. The SMILES string of the molecule is CCO[Si](C)(C)CN([Si](C)(C)C)[Si](C)(C)C. The number of rotatable bonds is 6. The average molecular weight is 278 g/mol. The molecule has 0 aromatic carbocycles. The van der Waals surface area contributed by atoms with Crippen molar-refractivity contribution in [1.82, 2.24) is 4.23 Å². The zero-order valence-corrected chi connectivity index (χ0v) is 15.8. The number of nitrogens with zero attached hydrogens (tertiary/aromatic N) is 1. The summed E-state index contributed by atoms with van der Waals surface area (Å²) >= 11 is 0. The van der Waals surface area contributed by atoms with E-state index in [0.717, 1.165) is 6.61 Å². The lowest BCUT2D eigenvalue weighted by Crippen LogP contribution is -2.64. The molecule has 0 rings (SSSR count). The Labute approximate surface area is 106 Å². The van der Waals surface area contributed by atoms with Crippen LogP contribution in [-0.4, -0.2) is 41.8 Å². The van der Waals surface area contributed by atoms with E-state index in [2.05, 4.69) is 63.5 Å². The van der Waals surface area contributed by atoms with Crippen LogP contribution in [0.25, 0.3) is 0 Å². The summed E-state index contributed by atoms with van der Waals surface area (Å²) in [6.45, 7) is 22.4. The first-order valence-electron chi connectivity index (χ1n) is 6.32. The molecular formula is C11H31NOSi3. The normalized spacial score (nSPS) is 14.6. The van der Waals surface area contributed by atoms with Crippen molar-refractivity contribution in [3.8, 4) is 0 Å². The fourth-order valence-electron chi connectivity index (χ4n) is 2.30. The molecule has 2 nitrogen and oxygen atoms in total. The van der Waals surface area contributed by atoms with Gasteiger partial charge in [-0.2, -0.15) is 0 Å². The van der Waals surface area contributed by atoms with Crippen molar-refractivity contribution in [3.05, 3.63) is 0 Å². The maximum absolute atomic E-state index is 5.99. The van der Waals surface area contributed by atoms with Crippen molar-refractivity contribution in [2.75, 3.05) is 12.8 Å². The topological polar surface area (TPSA) is 12.5 Å². The highest BCUT2D eigenvalue weighted by Crippen LogP contribution is 2.22. The van der Waals surface area contributed by atoms with Gasteiger partial charge in [0.15, 0.2) is 8.32 Å². The Morgan fingerprint density at radius 2 is 1.19 bits per heavy atom. The van der Waals surface area contributed by atoms with E-state index < -0.39 is 24.8 Å². The van der Waals surface area contributed by atoms with Crippen LogP contribution < -0.4 is 0 Å². The Balaban J connectivity index is 4.83. The lowest BCUT2D eigenvalue weighted by Gasteiger charge is -2.46. The van der Waals surface area contributed by atoms with Gasteiger partial charge in [-0.05, 0) is 20.0 Å². The lowest BCUT2D eigenvalue weighted by atomic mass is 10.9. The fraction of sp³-hybridized carbons (Fsp3) is 1.00. The van der Waals surface area contributed by atoms with Gasteiger partial charge in [0.2, 0.25) is 0 Å². The molecular weight excluding hydrogens is 246 g/mol. The second-order valence-corrected chi connectivity index (χ2v) is 21.5. The van der Waals surface area contributed by atoms with E-state index >= 15 is 0 Å². The second kappa shape index (κ2) is 5.48. The van der Waals surface area contributed by atoms with Crippen molar-refractivity contribution in [1.29, 1.82) is 0 Å². The van der Waals surface area contributed by atoms with Crippen LogP contribution in [0.1, 0.15) is 6.92 Å². The minimum Gasteiger partial charge on any atom is -0.416 e. The fourth-order valence-corrected chi connectivity index (χ4v) is 18.1. The van der Waals surface area contributed by atoms with Crippen molar-refractivity contribution < 1.29 is 4.43 Å². The molecule has 0 fully saturated rings. The van der Waals surface area contributed by atoms with Gasteiger partial charge in [0.05, 0.1) is 0 Å². The van der Waals surface area contributed by atoms with Crippen LogP contribution in [0.2, 0.25) is 52.4 Å².